The molecule has 1 amide bonds. The van der Waals surface area contributed by atoms with Gasteiger partial charge in [-0.3, -0.25) is 4.79 Å². The number of benzene rings is 3. The molecule has 0 unspecified atom stereocenters. The zero-order valence-electron chi connectivity index (χ0n) is 16.2. The van der Waals surface area contributed by atoms with Gasteiger partial charge >= 0.3 is 0 Å². The van der Waals surface area contributed by atoms with Crippen molar-refractivity contribution < 1.29 is 31.5 Å². The maximum atomic E-state index is 14.0. The Kier molecular flexibility index (Phi) is 5.67. The number of rotatable bonds is 4. The predicted octanol–water partition coefficient (Wildman–Crippen LogP) is 4.26. The van der Waals surface area contributed by atoms with E-state index in [0.29, 0.717) is 5.75 Å². The Balaban J connectivity index is 1.41. The minimum Gasteiger partial charge on any atom is -0.483 e. The SMILES string of the molecule is O=C(COc1cccc2ccccc12)N1CCN(c2c(F)c(F)c(F)c(F)c2F)CC1. The van der Waals surface area contributed by atoms with Crippen molar-refractivity contribution in [2.45, 2.75) is 0 Å². The Labute approximate surface area is 174 Å². The molecule has 0 spiro atoms. The van der Waals surface area contributed by atoms with Crippen molar-refractivity contribution >= 4 is 22.4 Å². The van der Waals surface area contributed by atoms with E-state index in [-0.39, 0.29) is 38.7 Å². The highest BCUT2D eigenvalue weighted by atomic mass is 19.2. The van der Waals surface area contributed by atoms with Gasteiger partial charge in [-0.15, -0.1) is 0 Å². The second kappa shape index (κ2) is 8.41. The minimum absolute atomic E-state index is 0.0528. The van der Waals surface area contributed by atoms with Gasteiger partial charge < -0.3 is 14.5 Å². The summed E-state index contributed by atoms with van der Waals surface area (Å²) in [6.45, 7) is -0.304. The summed E-state index contributed by atoms with van der Waals surface area (Å²) in [5, 5.41) is 1.82. The van der Waals surface area contributed by atoms with Crippen LogP contribution in [0.3, 0.4) is 0 Å². The topological polar surface area (TPSA) is 32.8 Å². The van der Waals surface area contributed by atoms with Crippen molar-refractivity contribution in [1.29, 1.82) is 0 Å². The van der Waals surface area contributed by atoms with Crippen molar-refractivity contribution in [2.24, 2.45) is 0 Å². The molecule has 0 saturated carbocycles. The normalized spacial score (nSPS) is 14.2. The fraction of sp³-hybridized carbons (Fsp3) is 0.227. The predicted molar refractivity (Wildman–Crippen MR) is 104 cm³/mol. The molecule has 1 heterocycles. The Hall–Kier alpha value is -3.36. The quantitative estimate of drug-likeness (QED) is 0.348. The first kappa shape index (κ1) is 20.9. The van der Waals surface area contributed by atoms with Crippen molar-refractivity contribution in [2.75, 3.05) is 37.7 Å². The average Bonchev–Trinajstić information content (AvgIpc) is 2.80. The largest absolute Gasteiger partial charge is 0.483 e. The number of carbonyl (C=O) groups excluding carboxylic acids is 1. The van der Waals surface area contributed by atoms with Crippen LogP contribution in [0.1, 0.15) is 0 Å². The van der Waals surface area contributed by atoms with Gasteiger partial charge in [-0.1, -0.05) is 36.4 Å². The number of hydrogen-bond donors (Lipinski definition) is 0. The number of hydrogen-bond acceptors (Lipinski definition) is 3. The van der Waals surface area contributed by atoms with Crippen LogP contribution in [0.5, 0.6) is 5.75 Å². The summed E-state index contributed by atoms with van der Waals surface area (Å²) < 4.78 is 73.9. The van der Waals surface area contributed by atoms with Gasteiger partial charge in [-0.25, -0.2) is 22.0 Å². The molecule has 3 aromatic rings. The number of amides is 1. The fourth-order valence-corrected chi connectivity index (χ4v) is 3.60. The van der Waals surface area contributed by atoms with Crippen LogP contribution in [0.2, 0.25) is 0 Å². The van der Waals surface area contributed by atoms with Crippen LogP contribution in [0.25, 0.3) is 10.8 Å². The molecule has 1 saturated heterocycles. The second-order valence-corrected chi connectivity index (χ2v) is 7.05. The van der Waals surface area contributed by atoms with Crippen molar-refractivity contribution in [3.05, 3.63) is 71.6 Å². The van der Waals surface area contributed by atoms with E-state index in [0.717, 1.165) is 15.7 Å². The molecule has 31 heavy (non-hydrogen) atoms. The van der Waals surface area contributed by atoms with Gasteiger partial charge in [0.1, 0.15) is 11.4 Å². The molecule has 4 rings (SSSR count). The smallest absolute Gasteiger partial charge is 0.260 e. The minimum atomic E-state index is -2.20. The lowest BCUT2D eigenvalue weighted by Gasteiger charge is -2.36. The Morgan fingerprint density at radius 2 is 1.35 bits per heavy atom. The number of anilines is 1. The summed E-state index contributed by atoms with van der Waals surface area (Å²) in [6, 6.07) is 13.0. The monoisotopic (exact) mass is 436 g/mol. The van der Waals surface area contributed by atoms with E-state index in [1.54, 1.807) is 6.07 Å². The molecule has 3 aromatic carbocycles. The summed E-state index contributed by atoms with van der Waals surface area (Å²) in [5.74, 6) is -9.73. The van der Waals surface area contributed by atoms with Crippen molar-refractivity contribution in [1.82, 2.24) is 4.90 Å². The molecule has 1 fully saturated rings. The summed E-state index contributed by atoms with van der Waals surface area (Å²) in [4.78, 5) is 15.0. The summed E-state index contributed by atoms with van der Waals surface area (Å²) in [6.07, 6.45) is 0. The first-order valence-electron chi connectivity index (χ1n) is 9.53. The molecule has 0 bridgehead atoms. The molecular weight excluding hydrogens is 419 g/mol. The maximum absolute atomic E-state index is 14.0. The van der Waals surface area contributed by atoms with Gasteiger partial charge in [0.2, 0.25) is 5.82 Å². The number of nitrogens with zero attached hydrogens (tertiary/aromatic N) is 2. The van der Waals surface area contributed by atoms with E-state index in [9.17, 15) is 26.7 Å². The van der Waals surface area contributed by atoms with Crippen LogP contribution >= 0.6 is 0 Å². The number of fused-ring (bicyclic) bond motifs is 1. The number of piperazine rings is 1. The molecule has 4 nitrogen and oxygen atoms in total. The zero-order valence-corrected chi connectivity index (χ0v) is 16.2. The molecule has 9 heteroatoms. The molecule has 162 valence electrons. The lowest BCUT2D eigenvalue weighted by molar-refractivity contribution is -0.133. The molecule has 0 aliphatic carbocycles. The molecule has 1 aliphatic rings. The van der Waals surface area contributed by atoms with Crippen LogP contribution in [-0.4, -0.2) is 43.6 Å². The maximum Gasteiger partial charge on any atom is 0.260 e. The van der Waals surface area contributed by atoms with Crippen LogP contribution in [0.15, 0.2) is 42.5 Å². The third-order valence-electron chi connectivity index (χ3n) is 5.24. The fourth-order valence-electron chi connectivity index (χ4n) is 3.60. The van der Waals surface area contributed by atoms with E-state index in [4.69, 9.17) is 4.74 Å². The highest BCUT2D eigenvalue weighted by molar-refractivity contribution is 5.88. The van der Waals surface area contributed by atoms with Crippen LogP contribution in [0, 0.1) is 29.1 Å². The molecule has 0 N–H and O–H groups in total. The Morgan fingerprint density at radius 3 is 2.03 bits per heavy atom. The second-order valence-electron chi connectivity index (χ2n) is 7.05. The van der Waals surface area contributed by atoms with E-state index >= 15 is 0 Å². The third-order valence-corrected chi connectivity index (χ3v) is 5.24. The molecule has 0 aromatic heterocycles. The zero-order chi connectivity index (χ0) is 22.1. The van der Waals surface area contributed by atoms with Gasteiger partial charge in [0.25, 0.3) is 5.91 Å². The van der Waals surface area contributed by atoms with E-state index < -0.39 is 34.8 Å². The van der Waals surface area contributed by atoms with E-state index in [1.807, 2.05) is 36.4 Å². The van der Waals surface area contributed by atoms with Gasteiger partial charge in [-0.2, -0.15) is 0 Å². The highest BCUT2D eigenvalue weighted by Gasteiger charge is 2.31. The van der Waals surface area contributed by atoms with Crippen LogP contribution < -0.4 is 9.64 Å². The summed E-state index contributed by atoms with van der Waals surface area (Å²) in [7, 11) is 0. The van der Waals surface area contributed by atoms with Crippen molar-refractivity contribution in [3.63, 3.8) is 0 Å². The Morgan fingerprint density at radius 1 is 0.774 bits per heavy atom. The van der Waals surface area contributed by atoms with Gasteiger partial charge in [0.05, 0.1) is 0 Å². The van der Waals surface area contributed by atoms with Gasteiger partial charge in [-0.05, 0) is 11.5 Å². The first-order chi connectivity index (χ1) is 14.9. The van der Waals surface area contributed by atoms with E-state index in [1.165, 1.54) is 4.90 Å². The number of halogens is 5. The lowest BCUT2D eigenvalue weighted by atomic mass is 10.1. The first-order valence-corrected chi connectivity index (χ1v) is 9.53. The molecule has 0 atom stereocenters. The molecular formula is C22H17F5N2O2. The van der Waals surface area contributed by atoms with Gasteiger partial charge in [0.15, 0.2) is 29.9 Å². The average molecular weight is 436 g/mol. The van der Waals surface area contributed by atoms with Crippen LogP contribution in [-0.2, 0) is 4.79 Å². The molecule has 1 aliphatic heterocycles. The standard InChI is InChI=1S/C22H17F5N2O2/c23-17-18(24)20(26)22(21(27)19(17)25)29-10-8-28(9-11-29)16(30)12-31-15-7-3-5-13-4-1-2-6-14(13)15/h1-7H,8-12H2. The third kappa shape index (κ3) is 3.87. The van der Waals surface area contributed by atoms with E-state index in [2.05, 4.69) is 0 Å². The van der Waals surface area contributed by atoms with Crippen molar-refractivity contribution in [3.8, 4) is 5.75 Å². The lowest BCUT2D eigenvalue weighted by Crippen LogP contribution is -2.50. The Bertz CT molecular complexity index is 1110. The summed E-state index contributed by atoms with van der Waals surface area (Å²) in [5.41, 5.74) is -0.976. The highest BCUT2D eigenvalue weighted by Crippen LogP contribution is 2.31. The summed E-state index contributed by atoms with van der Waals surface area (Å²) >= 11 is 0. The van der Waals surface area contributed by atoms with Gasteiger partial charge in [0, 0.05) is 31.6 Å². The molecule has 0 radical (unpaired) electrons. The number of carbonyl (C=O) groups is 1. The number of ether oxygens (including phenoxy) is 1. The van der Waals surface area contributed by atoms with Crippen LogP contribution in [0.4, 0.5) is 27.6 Å².